The van der Waals surface area contributed by atoms with Gasteiger partial charge in [0, 0.05) is 18.8 Å². The van der Waals surface area contributed by atoms with E-state index in [2.05, 4.69) is 29.2 Å². The monoisotopic (exact) mass is 220 g/mol. The fourth-order valence-corrected chi connectivity index (χ4v) is 2.12. The summed E-state index contributed by atoms with van der Waals surface area (Å²) < 4.78 is 0. The SMILES string of the molecule is CC(C)(ON)c1ccc(N2CCCC2)cc1. The standard InChI is InChI=1S/C13H20N2O/c1-13(2,16-14)11-5-7-12(8-6-11)15-9-3-4-10-15/h5-8H,3-4,9-10,14H2,1-2H3. The molecule has 1 fully saturated rings. The van der Waals surface area contributed by atoms with Crippen molar-refractivity contribution >= 4 is 5.69 Å². The van der Waals surface area contributed by atoms with Crippen LogP contribution in [0.3, 0.4) is 0 Å². The first kappa shape index (κ1) is 11.4. The molecule has 2 N–H and O–H groups in total. The number of hydrogen-bond donors (Lipinski definition) is 1. The van der Waals surface area contributed by atoms with Gasteiger partial charge in [0.2, 0.25) is 0 Å². The minimum Gasteiger partial charge on any atom is -0.372 e. The summed E-state index contributed by atoms with van der Waals surface area (Å²) in [6.07, 6.45) is 2.61. The van der Waals surface area contributed by atoms with E-state index < -0.39 is 5.60 Å². The van der Waals surface area contributed by atoms with Gasteiger partial charge in [-0.2, -0.15) is 0 Å². The Kier molecular flexibility index (Phi) is 3.17. The molecule has 1 aliphatic rings. The number of hydrogen-bond acceptors (Lipinski definition) is 3. The Morgan fingerprint density at radius 2 is 1.69 bits per heavy atom. The van der Waals surface area contributed by atoms with Crippen molar-refractivity contribution in [2.24, 2.45) is 5.90 Å². The Morgan fingerprint density at radius 1 is 1.12 bits per heavy atom. The van der Waals surface area contributed by atoms with Crippen molar-refractivity contribution in [1.82, 2.24) is 0 Å². The normalized spacial score (nSPS) is 16.8. The van der Waals surface area contributed by atoms with Crippen LogP contribution in [0.25, 0.3) is 0 Å². The predicted octanol–water partition coefficient (Wildman–Crippen LogP) is 2.41. The number of nitrogens with zero attached hydrogens (tertiary/aromatic N) is 1. The zero-order valence-corrected chi connectivity index (χ0v) is 10.1. The number of nitrogens with two attached hydrogens (primary N) is 1. The van der Waals surface area contributed by atoms with Crippen LogP contribution in [0.4, 0.5) is 5.69 Å². The molecule has 1 saturated heterocycles. The highest BCUT2D eigenvalue weighted by atomic mass is 16.6. The molecule has 88 valence electrons. The minimum absolute atomic E-state index is 0.413. The van der Waals surface area contributed by atoms with E-state index in [0.717, 1.165) is 5.56 Å². The number of anilines is 1. The van der Waals surface area contributed by atoms with Gasteiger partial charge in [-0.1, -0.05) is 12.1 Å². The van der Waals surface area contributed by atoms with E-state index in [1.807, 2.05) is 13.8 Å². The molecule has 1 aliphatic heterocycles. The molecule has 3 nitrogen and oxygen atoms in total. The summed E-state index contributed by atoms with van der Waals surface area (Å²) >= 11 is 0. The maximum Gasteiger partial charge on any atom is 0.109 e. The van der Waals surface area contributed by atoms with Crippen molar-refractivity contribution in [1.29, 1.82) is 0 Å². The van der Waals surface area contributed by atoms with Gasteiger partial charge in [0.15, 0.2) is 0 Å². The van der Waals surface area contributed by atoms with E-state index in [9.17, 15) is 0 Å². The van der Waals surface area contributed by atoms with Gasteiger partial charge in [0.05, 0.1) is 0 Å². The third kappa shape index (κ3) is 2.20. The first-order chi connectivity index (χ1) is 7.63. The van der Waals surface area contributed by atoms with Gasteiger partial charge >= 0.3 is 0 Å². The first-order valence-electron chi connectivity index (χ1n) is 5.87. The van der Waals surface area contributed by atoms with Gasteiger partial charge in [-0.3, -0.25) is 4.84 Å². The van der Waals surface area contributed by atoms with Crippen LogP contribution < -0.4 is 10.8 Å². The molecule has 2 rings (SSSR count). The molecule has 0 aliphatic carbocycles. The van der Waals surface area contributed by atoms with E-state index in [-0.39, 0.29) is 0 Å². The highest BCUT2D eigenvalue weighted by Crippen LogP contribution is 2.26. The molecule has 1 aromatic rings. The van der Waals surface area contributed by atoms with Crippen LogP contribution in [0.2, 0.25) is 0 Å². The summed E-state index contributed by atoms with van der Waals surface area (Å²) in [4.78, 5) is 7.39. The lowest BCUT2D eigenvalue weighted by Crippen LogP contribution is -2.25. The number of benzene rings is 1. The molecular formula is C13H20N2O. The van der Waals surface area contributed by atoms with Crippen molar-refractivity contribution in [3.05, 3.63) is 29.8 Å². The van der Waals surface area contributed by atoms with Crippen molar-refractivity contribution < 1.29 is 4.84 Å². The average molecular weight is 220 g/mol. The molecule has 0 unspecified atom stereocenters. The Hall–Kier alpha value is -1.06. The first-order valence-corrected chi connectivity index (χ1v) is 5.87. The molecular weight excluding hydrogens is 200 g/mol. The van der Waals surface area contributed by atoms with Gasteiger partial charge in [-0.15, -0.1) is 0 Å². The maximum atomic E-state index is 5.29. The third-order valence-electron chi connectivity index (χ3n) is 3.33. The highest BCUT2D eigenvalue weighted by molar-refractivity contribution is 5.48. The summed E-state index contributed by atoms with van der Waals surface area (Å²) in [5.41, 5.74) is 2.00. The molecule has 0 aromatic heterocycles. The van der Waals surface area contributed by atoms with Gasteiger partial charge < -0.3 is 4.90 Å². The zero-order valence-electron chi connectivity index (χ0n) is 10.1. The number of rotatable bonds is 3. The zero-order chi connectivity index (χ0) is 11.6. The van der Waals surface area contributed by atoms with Gasteiger partial charge in [-0.05, 0) is 44.4 Å². The summed E-state index contributed by atoms with van der Waals surface area (Å²) in [6, 6.07) is 8.50. The lowest BCUT2D eigenvalue weighted by molar-refractivity contribution is -0.0236. The van der Waals surface area contributed by atoms with Crippen LogP contribution in [-0.4, -0.2) is 13.1 Å². The molecule has 0 bridgehead atoms. The molecule has 0 radical (unpaired) electrons. The fourth-order valence-electron chi connectivity index (χ4n) is 2.12. The molecule has 0 saturated carbocycles. The van der Waals surface area contributed by atoms with Crippen LogP contribution in [0.1, 0.15) is 32.3 Å². The molecule has 0 amide bonds. The van der Waals surface area contributed by atoms with E-state index in [1.165, 1.54) is 31.6 Å². The van der Waals surface area contributed by atoms with Crippen LogP contribution in [0, 0.1) is 0 Å². The quantitative estimate of drug-likeness (QED) is 0.795. The van der Waals surface area contributed by atoms with Crippen molar-refractivity contribution in [2.75, 3.05) is 18.0 Å². The molecule has 0 atom stereocenters. The summed E-state index contributed by atoms with van der Waals surface area (Å²) in [5, 5.41) is 0. The Labute approximate surface area is 97.1 Å². The topological polar surface area (TPSA) is 38.5 Å². The summed E-state index contributed by atoms with van der Waals surface area (Å²) in [5.74, 6) is 5.29. The average Bonchev–Trinajstić information content (AvgIpc) is 2.83. The van der Waals surface area contributed by atoms with Crippen molar-refractivity contribution in [3.8, 4) is 0 Å². The molecule has 1 heterocycles. The molecule has 3 heteroatoms. The van der Waals surface area contributed by atoms with E-state index in [4.69, 9.17) is 10.7 Å². The van der Waals surface area contributed by atoms with Crippen molar-refractivity contribution in [3.63, 3.8) is 0 Å². The smallest absolute Gasteiger partial charge is 0.109 e. The molecule has 0 spiro atoms. The second-order valence-corrected chi connectivity index (χ2v) is 4.87. The Balaban J connectivity index is 2.15. The van der Waals surface area contributed by atoms with Crippen molar-refractivity contribution in [2.45, 2.75) is 32.3 Å². The predicted molar refractivity (Wildman–Crippen MR) is 66.2 cm³/mol. The van der Waals surface area contributed by atoms with Crippen LogP contribution in [0.15, 0.2) is 24.3 Å². The lowest BCUT2D eigenvalue weighted by Gasteiger charge is -2.24. The summed E-state index contributed by atoms with van der Waals surface area (Å²) in [6.45, 7) is 6.29. The lowest BCUT2D eigenvalue weighted by atomic mass is 9.98. The molecule has 1 aromatic carbocycles. The Bertz CT molecular complexity index is 339. The fraction of sp³-hybridized carbons (Fsp3) is 0.538. The Morgan fingerprint density at radius 3 is 2.19 bits per heavy atom. The maximum absolute atomic E-state index is 5.29. The van der Waals surface area contributed by atoms with E-state index in [0.29, 0.717) is 0 Å². The van der Waals surface area contributed by atoms with E-state index in [1.54, 1.807) is 0 Å². The van der Waals surface area contributed by atoms with E-state index >= 15 is 0 Å². The van der Waals surface area contributed by atoms with Crippen LogP contribution in [0.5, 0.6) is 0 Å². The second kappa shape index (κ2) is 4.44. The van der Waals surface area contributed by atoms with Gasteiger partial charge in [0.25, 0.3) is 0 Å². The summed E-state index contributed by atoms with van der Waals surface area (Å²) in [7, 11) is 0. The van der Waals surface area contributed by atoms with Gasteiger partial charge in [0.1, 0.15) is 5.60 Å². The second-order valence-electron chi connectivity index (χ2n) is 4.87. The van der Waals surface area contributed by atoms with Gasteiger partial charge in [-0.25, -0.2) is 5.90 Å². The van der Waals surface area contributed by atoms with Crippen LogP contribution >= 0.6 is 0 Å². The largest absolute Gasteiger partial charge is 0.372 e. The minimum atomic E-state index is -0.413. The third-order valence-corrected chi connectivity index (χ3v) is 3.33. The molecule has 16 heavy (non-hydrogen) atoms. The van der Waals surface area contributed by atoms with Crippen LogP contribution in [-0.2, 0) is 10.4 Å². The highest BCUT2D eigenvalue weighted by Gasteiger charge is 2.20.